The quantitative estimate of drug-likeness (QED) is 0.826. The number of hydrogen-bond donors (Lipinski definition) is 1. The zero-order valence-corrected chi connectivity index (χ0v) is 10.8. The zero-order chi connectivity index (χ0) is 12.1. The van der Waals surface area contributed by atoms with E-state index in [4.69, 9.17) is 10.5 Å². The van der Waals surface area contributed by atoms with E-state index >= 15 is 0 Å². The first-order valence-electron chi connectivity index (χ1n) is 6.00. The third kappa shape index (κ3) is 2.99. The van der Waals surface area contributed by atoms with Gasteiger partial charge >= 0.3 is 0 Å². The van der Waals surface area contributed by atoms with Crippen molar-refractivity contribution in [2.24, 2.45) is 5.73 Å². The smallest absolute Gasteiger partial charge is 0.124 e. The Balaban J connectivity index is 3.01. The molecule has 0 heterocycles. The number of hydrogen-bond acceptors (Lipinski definition) is 2. The normalized spacial score (nSPS) is 12.6. The Labute approximate surface area is 98.8 Å². The molecule has 0 aliphatic heterocycles. The molecule has 0 saturated carbocycles. The molecule has 0 fully saturated rings. The minimum Gasteiger partial charge on any atom is -0.496 e. The molecule has 2 nitrogen and oxygen atoms in total. The predicted octanol–water partition coefficient (Wildman–Crippen LogP) is 3.50. The first-order chi connectivity index (χ1) is 7.60. The van der Waals surface area contributed by atoms with Crippen LogP contribution in [-0.2, 0) is 0 Å². The molecule has 1 aromatic carbocycles. The summed E-state index contributed by atoms with van der Waals surface area (Å²) in [6.07, 6.45) is 3.37. The number of aryl methyl sites for hydroxylation is 2. The summed E-state index contributed by atoms with van der Waals surface area (Å²) in [6.45, 7) is 6.37. The van der Waals surface area contributed by atoms with Crippen molar-refractivity contribution in [3.8, 4) is 5.75 Å². The summed E-state index contributed by atoms with van der Waals surface area (Å²) in [5.41, 5.74) is 9.86. The van der Waals surface area contributed by atoms with Gasteiger partial charge in [-0.1, -0.05) is 25.8 Å². The molecule has 0 saturated heterocycles. The van der Waals surface area contributed by atoms with Crippen LogP contribution in [0.1, 0.15) is 48.9 Å². The van der Waals surface area contributed by atoms with Crippen LogP contribution in [0.5, 0.6) is 5.75 Å². The molecule has 0 radical (unpaired) electrons. The van der Waals surface area contributed by atoms with Crippen molar-refractivity contribution in [3.05, 3.63) is 28.8 Å². The van der Waals surface area contributed by atoms with Crippen LogP contribution >= 0.6 is 0 Å². The Morgan fingerprint density at radius 2 is 2.00 bits per heavy atom. The number of nitrogens with two attached hydrogens (primary N) is 1. The second-order valence-electron chi connectivity index (χ2n) is 4.45. The maximum atomic E-state index is 6.23. The average Bonchev–Trinajstić information content (AvgIpc) is 2.24. The first kappa shape index (κ1) is 13.0. The van der Waals surface area contributed by atoms with Crippen molar-refractivity contribution in [1.82, 2.24) is 0 Å². The molecule has 16 heavy (non-hydrogen) atoms. The van der Waals surface area contributed by atoms with Gasteiger partial charge in [0.1, 0.15) is 5.75 Å². The van der Waals surface area contributed by atoms with Crippen molar-refractivity contribution in [2.75, 3.05) is 7.11 Å². The lowest BCUT2D eigenvalue weighted by molar-refractivity contribution is 0.402. The summed E-state index contributed by atoms with van der Waals surface area (Å²) in [4.78, 5) is 0. The molecular formula is C14H23NO. The van der Waals surface area contributed by atoms with Crippen LogP contribution < -0.4 is 10.5 Å². The fourth-order valence-electron chi connectivity index (χ4n) is 2.15. The molecular weight excluding hydrogens is 198 g/mol. The van der Waals surface area contributed by atoms with Crippen LogP contribution in [0.4, 0.5) is 0 Å². The van der Waals surface area contributed by atoms with Gasteiger partial charge in [-0.2, -0.15) is 0 Å². The Morgan fingerprint density at radius 3 is 2.56 bits per heavy atom. The number of methoxy groups -OCH3 is 1. The highest BCUT2D eigenvalue weighted by atomic mass is 16.5. The zero-order valence-electron chi connectivity index (χ0n) is 10.8. The molecule has 90 valence electrons. The van der Waals surface area contributed by atoms with Crippen LogP contribution in [0.3, 0.4) is 0 Å². The summed E-state index contributed by atoms with van der Waals surface area (Å²) in [5.74, 6) is 0.932. The van der Waals surface area contributed by atoms with Crippen molar-refractivity contribution < 1.29 is 4.74 Å². The van der Waals surface area contributed by atoms with Crippen molar-refractivity contribution >= 4 is 0 Å². The molecule has 0 spiro atoms. The molecule has 0 aromatic heterocycles. The minimum absolute atomic E-state index is 0.0931. The summed E-state index contributed by atoms with van der Waals surface area (Å²) >= 11 is 0. The van der Waals surface area contributed by atoms with E-state index < -0.39 is 0 Å². The minimum atomic E-state index is 0.0931. The monoisotopic (exact) mass is 221 g/mol. The van der Waals surface area contributed by atoms with Gasteiger partial charge in [0.15, 0.2) is 0 Å². The lowest BCUT2D eigenvalue weighted by Crippen LogP contribution is -2.13. The fourth-order valence-corrected chi connectivity index (χ4v) is 2.15. The van der Waals surface area contributed by atoms with Crippen LogP contribution in [0.2, 0.25) is 0 Å². The van der Waals surface area contributed by atoms with Crippen molar-refractivity contribution in [1.29, 1.82) is 0 Å². The largest absolute Gasteiger partial charge is 0.496 e. The maximum Gasteiger partial charge on any atom is 0.124 e. The number of unbranched alkanes of at least 4 members (excludes halogenated alkanes) is 1. The van der Waals surface area contributed by atoms with Gasteiger partial charge in [-0.15, -0.1) is 0 Å². The van der Waals surface area contributed by atoms with E-state index in [0.717, 1.165) is 18.6 Å². The second kappa shape index (κ2) is 5.90. The Morgan fingerprint density at radius 1 is 1.31 bits per heavy atom. The molecule has 1 rings (SSSR count). The van der Waals surface area contributed by atoms with E-state index in [-0.39, 0.29) is 6.04 Å². The number of ether oxygens (including phenoxy) is 1. The van der Waals surface area contributed by atoms with E-state index in [0.29, 0.717) is 0 Å². The highest BCUT2D eigenvalue weighted by molar-refractivity contribution is 5.44. The van der Waals surface area contributed by atoms with E-state index in [9.17, 15) is 0 Å². The fraction of sp³-hybridized carbons (Fsp3) is 0.571. The average molecular weight is 221 g/mol. The summed E-state index contributed by atoms with van der Waals surface area (Å²) in [7, 11) is 1.71. The van der Waals surface area contributed by atoms with E-state index in [2.05, 4.69) is 32.9 Å². The van der Waals surface area contributed by atoms with Gasteiger partial charge in [0, 0.05) is 11.6 Å². The van der Waals surface area contributed by atoms with Crippen LogP contribution in [0, 0.1) is 13.8 Å². The van der Waals surface area contributed by atoms with Crippen LogP contribution in [0.25, 0.3) is 0 Å². The van der Waals surface area contributed by atoms with Gasteiger partial charge in [0.25, 0.3) is 0 Å². The third-order valence-electron chi connectivity index (χ3n) is 2.95. The van der Waals surface area contributed by atoms with Gasteiger partial charge in [0.05, 0.1) is 7.11 Å². The highest BCUT2D eigenvalue weighted by Crippen LogP contribution is 2.31. The summed E-state index contributed by atoms with van der Waals surface area (Å²) in [5, 5.41) is 0. The van der Waals surface area contributed by atoms with Gasteiger partial charge in [-0.3, -0.25) is 0 Å². The standard InChI is InChI=1S/C14H23NO/c1-5-6-7-12(15)14-11(3)8-10(2)9-13(14)16-4/h8-9,12H,5-7,15H2,1-4H3. The molecule has 1 aromatic rings. The molecule has 2 N–H and O–H groups in total. The van der Waals surface area contributed by atoms with Gasteiger partial charge in [-0.25, -0.2) is 0 Å². The summed E-state index contributed by atoms with van der Waals surface area (Å²) in [6, 6.07) is 4.33. The first-order valence-corrected chi connectivity index (χ1v) is 6.00. The second-order valence-corrected chi connectivity index (χ2v) is 4.45. The molecule has 2 heteroatoms. The SMILES string of the molecule is CCCCC(N)c1c(C)cc(C)cc1OC. The summed E-state index contributed by atoms with van der Waals surface area (Å²) < 4.78 is 5.43. The molecule has 0 amide bonds. The third-order valence-corrected chi connectivity index (χ3v) is 2.95. The molecule has 1 atom stereocenters. The molecule has 0 aliphatic carbocycles. The molecule has 1 unspecified atom stereocenters. The van der Waals surface area contributed by atoms with Crippen LogP contribution in [0.15, 0.2) is 12.1 Å². The van der Waals surface area contributed by atoms with Gasteiger partial charge in [0.2, 0.25) is 0 Å². The number of rotatable bonds is 5. The van der Waals surface area contributed by atoms with E-state index in [1.165, 1.54) is 23.1 Å². The lowest BCUT2D eigenvalue weighted by atomic mass is 9.95. The topological polar surface area (TPSA) is 35.2 Å². The van der Waals surface area contributed by atoms with E-state index in [1.807, 2.05) is 0 Å². The van der Waals surface area contributed by atoms with E-state index in [1.54, 1.807) is 7.11 Å². The van der Waals surface area contributed by atoms with Gasteiger partial charge in [-0.05, 0) is 37.5 Å². The van der Waals surface area contributed by atoms with Crippen molar-refractivity contribution in [2.45, 2.75) is 46.1 Å². The highest BCUT2D eigenvalue weighted by Gasteiger charge is 2.14. The predicted molar refractivity (Wildman–Crippen MR) is 68.9 cm³/mol. The van der Waals surface area contributed by atoms with Gasteiger partial charge < -0.3 is 10.5 Å². The Hall–Kier alpha value is -1.02. The Bertz CT molecular complexity index is 347. The van der Waals surface area contributed by atoms with Crippen LogP contribution in [-0.4, -0.2) is 7.11 Å². The maximum absolute atomic E-state index is 6.23. The lowest BCUT2D eigenvalue weighted by Gasteiger charge is -2.19. The number of benzene rings is 1. The van der Waals surface area contributed by atoms with Crippen molar-refractivity contribution in [3.63, 3.8) is 0 Å². The Kier molecular flexibility index (Phi) is 4.81. The molecule has 0 aliphatic rings. The molecule has 0 bridgehead atoms.